The van der Waals surface area contributed by atoms with Crippen LogP contribution in [-0.2, 0) is 19.7 Å². The molecule has 1 N–H and O–H groups in total. The SMILES string of the molecule is OC[C@@H]1CCC2(OCCO2)c2c1ccnc2CI. The highest BCUT2D eigenvalue weighted by atomic mass is 127. The minimum absolute atomic E-state index is 0.174. The standard InChI is InChI=1S/C13H16INO3/c14-7-11-12-10(2-4-15-11)9(8-16)1-3-13(12)17-5-6-18-13/h2,4,9,16H,1,3,5-8H2/t9-/m0/s1. The summed E-state index contributed by atoms with van der Waals surface area (Å²) in [6.45, 7) is 1.45. The van der Waals surface area contributed by atoms with Crippen LogP contribution >= 0.6 is 22.6 Å². The van der Waals surface area contributed by atoms with Crippen molar-refractivity contribution >= 4 is 22.6 Å². The zero-order valence-corrected chi connectivity index (χ0v) is 12.2. The molecule has 2 aliphatic rings. The highest BCUT2D eigenvalue weighted by Gasteiger charge is 2.46. The number of pyridine rings is 1. The van der Waals surface area contributed by atoms with Crippen molar-refractivity contribution in [2.45, 2.75) is 29.0 Å². The molecule has 1 aromatic rings. The Morgan fingerprint density at radius 3 is 2.89 bits per heavy atom. The first-order valence-electron chi connectivity index (χ1n) is 6.24. The molecule has 1 fully saturated rings. The molecule has 0 unspecified atom stereocenters. The van der Waals surface area contributed by atoms with Gasteiger partial charge >= 0.3 is 0 Å². The number of fused-ring (bicyclic) bond motifs is 2. The molecule has 0 radical (unpaired) electrons. The van der Waals surface area contributed by atoms with Gasteiger partial charge in [-0.25, -0.2) is 0 Å². The van der Waals surface area contributed by atoms with E-state index in [2.05, 4.69) is 27.6 Å². The normalized spacial score (nSPS) is 25.3. The van der Waals surface area contributed by atoms with E-state index >= 15 is 0 Å². The number of aliphatic hydroxyl groups excluding tert-OH is 1. The van der Waals surface area contributed by atoms with E-state index in [4.69, 9.17) is 9.47 Å². The van der Waals surface area contributed by atoms with Gasteiger partial charge in [0.05, 0.1) is 18.9 Å². The first-order chi connectivity index (χ1) is 8.80. The van der Waals surface area contributed by atoms with Crippen molar-refractivity contribution in [3.63, 3.8) is 0 Å². The van der Waals surface area contributed by atoms with Crippen LogP contribution in [0.25, 0.3) is 0 Å². The number of halogens is 1. The van der Waals surface area contributed by atoms with Gasteiger partial charge in [-0.3, -0.25) is 4.98 Å². The minimum Gasteiger partial charge on any atom is -0.396 e. The van der Waals surface area contributed by atoms with E-state index in [1.54, 1.807) is 0 Å². The van der Waals surface area contributed by atoms with Crippen LogP contribution in [0, 0.1) is 0 Å². The fourth-order valence-corrected chi connectivity index (χ4v) is 3.56. The molecule has 1 aliphatic carbocycles. The topological polar surface area (TPSA) is 51.6 Å². The Morgan fingerprint density at radius 2 is 2.22 bits per heavy atom. The Kier molecular flexibility index (Phi) is 3.57. The summed E-state index contributed by atoms with van der Waals surface area (Å²) in [6, 6.07) is 2.00. The molecule has 1 aromatic heterocycles. The molecule has 0 amide bonds. The molecule has 0 aromatic carbocycles. The van der Waals surface area contributed by atoms with E-state index < -0.39 is 5.79 Å². The summed E-state index contributed by atoms with van der Waals surface area (Å²) in [5.41, 5.74) is 3.24. The van der Waals surface area contributed by atoms with Gasteiger partial charge in [-0.2, -0.15) is 0 Å². The van der Waals surface area contributed by atoms with Crippen LogP contribution in [0.2, 0.25) is 0 Å². The lowest BCUT2D eigenvalue weighted by Crippen LogP contribution is -2.35. The van der Waals surface area contributed by atoms with Gasteiger partial charge in [-0.05, 0) is 18.1 Å². The first-order valence-corrected chi connectivity index (χ1v) is 7.76. The van der Waals surface area contributed by atoms with E-state index in [0.29, 0.717) is 13.2 Å². The molecule has 5 heteroatoms. The van der Waals surface area contributed by atoms with Crippen LogP contribution in [-0.4, -0.2) is 29.9 Å². The maximum atomic E-state index is 9.53. The Balaban J connectivity index is 2.15. The molecule has 0 bridgehead atoms. The second-order valence-electron chi connectivity index (χ2n) is 4.72. The fraction of sp³-hybridized carbons (Fsp3) is 0.615. The number of aromatic nitrogens is 1. The monoisotopic (exact) mass is 361 g/mol. The van der Waals surface area contributed by atoms with Gasteiger partial charge in [0, 0.05) is 35.1 Å². The van der Waals surface area contributed by atoms with Gasteiger partial charge in [-0.1, -0.05) is 22.6 Å². The van der Waals surface area contributed by atoms with E-state index in [-0.39, 0.29) is 12.5 Å². The smallest absolute Gasteiger partial charge is 0.197 e. The predicted octanol–water partition coefficient (Wildman–Crippen LogP) is 2.09. The number of aliphatic hydroxyl groups is 1. The van der Waals surface area contributed by atoms with Crippen LogP contribution in [0.15, 0.2) is 12.3 Å². The van der Waals surface area contributed by atoms with Crippen molar-refractivity contribution in [1.29, 1.82) is 0 Å². The van der Waals surface area contributed by atoms with Gasteiger partial charge in [0.2, 0.25) is 0 Å². The summed E-state index contributed by atoms with van der Waals surface area (Å²) in [4.78, 5) is 4.45. The molecule has 98 valence electrons. The maximum Gasteiger partial charge on any atom is 0.197 e. The third-order valence-corrected chi connectivity index (χ3v) is 4.53. The van der Waals surface area contributed by atoms with Crippen LogP contribution in [0.4, 0.5) is 0 Å². The average Bonchev–Trinajstić information content (AvgIpc) is 2.88. The Labute approximate surface area is 120 Å². The molecular weight excluding hydrogens is 345 g/mol. The van der Waals surface area contributed by atoms with Gasteiger partial charge in [0.1, 0.15) is 0 Å². The van der Waals surface area contributed by atoms with Crippen LogP contribution in [0.3, 0.4) is 0 Å². The summed E-state index contributed by atoms with van der Waals surface area (Å²) in [5, 5.41) is 9.53. The molecule has 1 spiro atoms. The third kappa shape index (κ3) is 1.88. The Bertz CT molecular complexity index is 446. The molecule has 18 heavy (non-hydrogen) atoms. The minimum atomic E-state index is -0.601. The van der Waals surface area contributed by atoms with Crippen molar-refractivity contribution in [2.75, 3.05) is 19.8 Å². The molecular formula is C13H16INO3. The lowest BCUT2D eigenvalue weighted by atomic mass is 9.79. The number of ether oxygens (including phenoxy) is 2. The summed E-state index contributed by atoms with van der Waals surface area (Å²) in [5.74, 6) is -0.418. The number of rotatable bonds is 2. The van der Waals surface area contributed by atoms with Crippen molar-refractivity contribution in [3.8, 4) is 0 Å². The van der Waals surface area contributed by atoms with Gasteiger partial charge < -0.3 is 14.6 Å². The zero-order valence-electron chi connectivity index (χ0n) is 10.1. The molecule has 1 aliphatic heterocycles. The molecule has 3 rings (SSSR count). The fourth-order valence-electron chi connectivity index (χ4n) is 2.98. The van der Waals surface area contributed by atoms with Gasteiger partial charge in [-0.15, -0.1) is 0 Å². The molecule has 4 nitrogen and oxygen atoms in total. The lowest BCUT2D eigenvalue weighted by Gasteiger charge is -2.38. The summed E-state index contributed by atoms with van der Waals surface area (Å²) in [7, 11) is 0. The van der Waals surface area contributed by atoms with Crippen LogP contribution in [0.1, 0.15) is 35.6 Å². The zero-order chi connectivity index (χ0) is 12.6. The Hall–Kier alpha value is -0.240. The van der Waals surface area contributed by atoms with E-state index in [1.807, 2.05) is 12.3 Å². The van der Waals surface area contributed by atoms with E-state index in [0.717, 1.165) is 34.1 Å². The number of hydrogen-bond acceptors (Lipinski definition) is 4. The molecule has 1 saturated heterocycles. The van der Waals surface area contributed by atoms with Crippen LogP contribution < -0.4 is 0 Å². The number of hydrogen-bond donors (Lipinski definition) is 1. The predicted molar refractivity (Wildman–Crippen MR) is 74.6 cm³/mol. The largest absolute Gasteiger partial charge is 0.396 e. The lowest BCUT2D eigenvalue weighted by molar-refractivity contribution is -0.178. The van der Waals surface area contributed by atoms with Crippen molar-refractivity contribution < 1.29 is 14.6 Å². The first kappa shape index (κ1) is 12.8. The van der Waals surface area contributed by atoms with Gasteiger partial charge in [0.15, 0.2) is 5.79 Å². The highest BCUT2D eigenvalue weighted by Crippen LogP contribution is 2.47. The highest BCUT2D eigenvalue weighted by molar-refractivity contribution is 14.1. The van der Waals surface area contributed by atoms with Gasteiger partial charge in [0.25, 0.3) is 0 Å². The second kappa shape index (κ2) is 5.03. The third-order valence-electron chi connectivity index (χ3n) is 3.81. The summed E-state index contributed by atoms with van der Waals surface area (Å²) >= 11 is 2.31. The molecule has 2 heterocycles. The summed E-state index contributed by atoms with van der Waals surface area (Å²) < 4.78 is 12.6. The Morgan fingerprint density at radius 1 is 1.44 bits per heavy atom. The van der Waals surface area contributed by atoms with Crippen molar-refractivity contribution in [3.05, 3.63) is 29.1 Å². The number of nitrogens with zero attached hydrogens (tertiary/aromatic N) is 1. The maximum absolute atomic E-state index is 9.53. The molecule has 1 atom stereocenters. The molecule has 0 saturated carbocycles. The number of alkyl halides is 1. The van der Waals surface area contributed by atoms with Crippen LogP contribution in [0.5, 0.6) is 0 Å². The quantitative estimate of drug-likeness (QED) is 0.648. The average molecular weight is 361 g/mol. The summed E-state index contributed by atoms with van der Waals surface area (Å²) in [6.07, 6.45) is 3.53. The van der Waals surface area contributed by atoms with Crippen molar-refractivity contribution in [2.24, 2.45) is 0 Å². The van der Waals surface area contributed by atoms with E-state index in [9.17, 15) is 5.11 Å². The van der Waals surface area contributed by atoms with Crippen molar-refractivity contribution in [1.82, 2.24) is 4.98 Å². The van der Waals surface area contributed by atoms with E-state index in [1.165, 1.54) is 0 Å². The second-order valence-corrected chi connectivity index (χ2v) is 5.49.